The summed E-state index contributed by atoms with van der Waals surface area (Å²) in [6, 6.07) is 9.06. The third kappa shape index (κ3) is 3.45. The van der Waals surface area contributed by atoms with Crippen molar-refractivity contribution in [3.63, 3.8) is 0 Å². The Morgan fingerprint density at radius 2 is 1.50 bits per heavy atom. The molecule has 0 amide bonds. The molecule has 1 aromatic carbocycles. The molecule has 0 saturated heterocycles. The summed E-state index contributed by atoms with van der Waals surface area (Å²) in [5.74, 6) is 0. The van der Waals surface area contributed by atoms with Crippen molar-refractivity contribution >= 4 is 8.22 Å². The topological polar surface area (TPSA) is 6.48 Å². The summed E-state index contributed by atoms with van der Waals surface area (Å²) in [7, 11) is -0.334. The molecule has 1 aliphatic carbocycles. The summed E-state index contributed by atoms with van der Waals surface area (Å²) in [5.41, 5.74) is 5.20. The van der Waals surface area contributed by atoms with E-state index in [1.54, 1.807) is 11.1 Å². The van der Waals surface area contributed by atoms with E-state index in [9.17, 15) is 0 Å². The first-order chi connectivity index (χ1) is 10.7. The first-order valence-electron chi connectivity index (χ1n) is 8.71. The highest BCUT2D eigenvalue weighted by molar-refractivity contribution is 7.53. The standard InChI is InChI=1S/C19H31N2P/c1-6-20(7-2)22(21(8-3)9-4)19-16(5)14-15-17-12-10-11-13-18(17)19/h10-14,19H,6-9,15H2,1-5H3. The van der Waals surface area contributed by atoms with Gasteiger partial charge in [-0.05, 0) is 24.5 Å². The molecule has 2 rings (SSSR count). The minimum absolute atomic E-state index is 0.334. The molecule has 0 fully saturated rings. The quantitative estimate of drug-likeness (QED) is 0.502. The number of allylic oxidation sites excluding steroid dienone is 2. The molecule has 0 aromatic heterocycles. The van der Waals surface area contributed by atoms with E-state index < -0.39 is 0 Å². The third-order valence-electron chi connectivity index (χ3n) is 4.70. The second-order valence-electron chi connectivity index (χ2n) is 5.85. The van der Waals surface area contributed by atoms with Crippen molar-refractivity contribution in [2.75, 3.05) is 26.2 Å². The average Bonchev–Trinajstić information content (AvgIpc) is 2.56. The van der Waals surface area contributed by atoms with E-state index in [-0.39, 0.29) is 8.22 Å². The highest BCUT2D eigenvalue weighted by Gasteiger charge is 2.34. The van der Waals surface area contributed by atoms with Gasteiger partial charge in [0.05, 0.1) is 13.9 Å². The highest BCUT2D eigenvalue weighted by atomic mass is 31.1. The lowest BCUT2D eigenvalue weighted by atomic mass is 9.92. The highest BCUT2D eigenvalue weighted by Crippen LogP contribution is 2.60. The van der Waals surface area contributed by atoms with Gasteiger partial charge in [-0.3, -0.25) is 9.34 Å². The first kappa shape index (κ1) is 17.7. The van der Waals surface area contributed by atoms with Crippen LogP contribution in [0.1, 0.15) is 51.4 Å². The molecule has 0 spiro atoms. The van der Waals surface area contributed by atoms with Crippen LogP contribution in [0.2, 0.25) is 0 Å². The van der Waals surface area contributed by atoms with Gasteiger partial charge in [0.25, 0.3) is 0 Å². The second-order valence-corrected chi connectivity index (χ2v) is 8.14. The van der Waals surface area contributed by atoms with Crippen LogP contribution in [-0.2, 0) is 6.42 Å². The molecule has 0 heterocycles. The minimum atomic E-state index is -0.334. The molecule has 1 aliphatic rings. The minimum Gasteiger partial charge on any atom is -0.270 e. The molecular formula is C19H31N2P. The fourth-order valence-electron chi connectivity index (χ4n) is 3.45. The summed E-state index contributed by atoms with van der Waals surface area (Å²) in [6.45, 7) is 16.1. The Morgan fingerprint density at radius 3 is 2.05 bits per heavy atom. The summed E-state index contributed by atoms with van der Waals surface area (Å²) < 4.78 is 5.37. The second kappa shape index (κ2) is 8.24. The fraction of sp³-hybridized carbons (Fsp3) is 0.579. The SMILES string of the molecule is CCN(CC)P(C1C(C)=CCc2ccccc21)N(CC)CC. The summed E-state index contributed by atoms with van der Waals surface area (Å²) in [4.78, 5) is 0. The molecule has 0 bridgehead atoms. The van der Waals surface area contributed by atoms with Gasteiger partial charge < -0.3 is 0 Å². The molecule has 0 N–H and O–H groups in total. The van der Waals surface area contributed by atoms with E-state index in [0.29, 0.717) is 5.66 Å². The zero-order valence-corrected chi connectivity index (χ0v) is 15.7. The number of fused-ring (bicyclic) bond motifs is 1. The van der Waals surface area contributed by atoms with Crippen LogP contribution in [-0.4, -0.2) is 35.5 Å². The van der Waals surface area contributed by atoms with Crippen LogP contribution in [0, 0.1) is 0 Å². The van der Waals surface area contributed by atoms with Crippen LogP contribution in [0.25, 0.3) is 0 Å². The number of benzene rings is 1. The molecule has 0 saturated carbocycles. The van der Waals surface area contributed by atoms with Crippen molar-refractivity contribution in [2.24, 2.45) is 0 Å². The molecule has 1 aromatic rings. The van der Waals surface area contributed by atoms with Gasteiger partial charge >= 0.3 is 0 Å². The predicted molar refractivity (Wildman–Crippen MR) is 99.4 cm³/mol. The molecule has 22 heavy (non-hydrogen) atoms. The van der Waals surface area contributed by atoms with Crippen LogP contribution in [0.3, 0.4) is 0 Å². The third-order valence-corrected chi connectivity index (χ3v) is 8.13. The van der Waals surface area contributed by atoms with Gasteiger partial charge in [0.2, 0.25) is 0 Å². The maximum absolute atomic E-state index is 2.69. The van der Waals surface area contributed by atoms with Crippen molar-refractivity contribution in [2.45, 2.75) is 46.7 Å². The van der Waals surface area contributed by atoms with Crippen molar-refractivity contribution in [3.8, 4) is 0 Å². The Hall–Kier alpha value is -0.690. The lowest BCUT2D eigenvalue weighted by molar-refractivity contribution is 0.417. The zero-order valence-electron chi connectivity index (χ0n) is 14.8. The van der Waals surface area contributed by atoms with E-state index in [1.165, 1.54) is 5.56 Å². The van der Waals surface area contributed by atoms with Crippen LogP contribution in [0.5, 0.6) is 0 Å². The van der Waals surface area contributed by atoms with Crippen molar-refractivity contribution in [1.29, 1.82) is 0 Å². The van der Waals surface area contributed by atoms with Gasteiger partial charge in [0.15, 0.2) is 0 Å². The average molecular weight is 318 g/mol. The molecule has 0 aliphatic heterocycles. The van der Waals surface area contributed by atoms with Gasteiger partial charge in [0.1, 0.15) is 0 Å². The largest absolute Gasteiger partial charge is 0.270 e. The Balaban J connectivity index is 2.48. The number of hydrogen-bond donors (Lipinski definition) is 0. The maximum Gasteiger partial charge on any atom is 0.0522 e. The molecule has 3 heteroatoms. The molecule has 0 radical (unpaired) electrons. The van der Waals surface area contributed by atoms with E-state index in [0.717, 1.165) is 32.6 Å². The number of rotatable bonds is 7. The van der Waals surface area contributed by atoms with Crippen LogP contribution >= 0.6 is 8.22 Å². The molecule has 1 atom stereocenters. The Labute approximate surface area is 138 Å². The lowest BCUT2D eigenvalue weighted by Crippen LogP contribution is -2.32. The van der Waals surface area contributed by atoms with Gasteiger partial charge in [-0.25, -0.2) is 0 Å². The Morgan fingerprint density at radius 1 is 0.955 bits per heavy atom. The van der Waals surface area contributed by atoms with E-state index >= 15 is 0 Å². The van der Waals surface area contributed by atoms with Gasteiger partial charge in [0, 0.05) is 26.2 Å². The summed E-state index contributed by atoms with van der Waals surface area (Å²) >= 11 is 0. The van der Waals surface area contributed by atoms with Crippen molar-refractivity contribution < 1.29 is 0 Å². The van der Waals surface area contributed by atoms with Crippen LogP contribution in [0.4, 0.5) is 0 Å². The van der Waals surface area contributed by atoms with Crippen molar-refractivity contribution in [1.82, 2.24) is 9.34 Å². The zero-order chi connectivity index (χ0) is 16.1. The van der Waals surface area contributed by atoms with E-state index in [4.69, 9.17) is 0 Å². The fourth-order valence-corrected chi connectivity index (χ4v) is 6.59. The summed E-state index contributed by atoms with van der Waals surface area (Å²) in [6.07, 6.45) is 3.55. The van der Waals surface area contributed by atoms with E-state index in [1.807, 2.05) is 0 Å². The number of nitrogens with zero attached hydrogens (tertiary/aromatic N) is 2. The number of hydrogen-bond acceptors (Lipinski definition) is 2. The van der Waals surface area contributed by atoms with Crippen molar-refractivity contribution in [3.05, 3.63) is 47.0 Å². The molecule has 1 unspecified atom stereocenters. The first-order valence-corrected chi connectivity index (χ1v) is 10.0. The summed E-state index contributed by atoms with van der Waals surface area (Å²) in [5, 5.41) is 0. The van der Waals surface area contributed by atoms with Crippen LogP contribution < -0.4 is 0 Å². The van der Waals surface area contributed by atoms with E-state index in [2.05, 4.69) is 74.3 Å². The smallest absolute Gasteiger partial charge is 0.0522 e. The molecular weight excluding hydrogens is 287 g/mol. The Bertz CT molecular complexity index is 492. The predicted octanol–water partition coefficient (Wildman–Crippen LogP) is 5.23. The van der Waals surface area contributed by atoms with Gasteiger partial charge in [-0.2, -0.15) is 0 Å². The maximum atomic E-state index is 2.69. The normalized spacial score (nSPS) is 18.0. The molecule has 122 valence electrons. The van der Waals surface area contributed by atoms with Crippen LogP contribution in [0.15, 0.2) is 35.9 Å². The Kier molecular flexibility index (Phi) is 6.62. The monoisotopic (exact) mass is 318 g/mol. The van der Waals surface area contributed by atoms with Gasteiger partial charge in [-0.15, -0.1) is 0 Å². The van der Waals surface area contributed by atoms with Gasteiger partial charge in [-0.1, -0.05) is 63.6 Å². The molecule has 2 nitrogen and oxygen atoms in total. The lowest BCUT2D eigenvalue weighted by Gasteiger charge is -2.44.